The summed E-state index contributed by atoms with van der Waals surface area (Å²) in [5.74, 6) is 5.41. The average Bonchev–Trinajstić information content (AvgIpc) is 3.06. The molecular formula is C33H39ClN2O3S. The van der Waals surface area contributed by atoms with Crippen molar-refractivity contribution in [1.82, 2.24) is 4.72 Å². The molecule has 5 nitrogen and oxygen atoms in total. The highest BCUT2D eigenvalue weighted by molar-refractivity contribution is 7.99. The molecule has 1 unspecified atom stereocenters. The summed E-state index contributed by atoms with van der Waals surface area (Å²) >= 11 is 6.40. The van der Waals surface area contributed by atoms with Crippen molar-refractivity contribution in [2.45, 2.75) is 56.6 Å². The third kappa shape index (κ3) is 5.09. The molecule has 40 heavy (non-hydrogen) atoms. The smallest absolute Gasteiger partial charge is 0.262 e. The number of nitrogens with zero attached hydrogens (tertiary/aromatic N) is 1. The maximum absolute atomic E-state index is 13.5. The van der Waals surface area contributed by atoms with E-state index in [1.165, 1.54) is 24.0 Å². The molecule has 1 saturated carbocycles. The summed E-state index contributed by atoms with van der Waals surface area (Å²) in [6.07, 6.45) is 14.1. The Bertz CT molecular complexity index is 1480. The van der Waals surface area contributed by atoms with Crippen LogP contribution in [-0.4, -0.2) is 40.9 Å². The van der Waals surface area contributed by atoms with Gasteiger partial charge < -0.3 is 9.64 Å². The van der Waals surface area contributed by atoms with Crippen LogP contribution in [0.25, 0.3) is 0 Å². The Labute approximate surface area is 243 Å². The predicted octanol–water partition coefficient (Wildman–Crippen LogP) is 6.35. The quantitative estimate of drug-likeness (QED) is 0.370. The number of allylic oxidation sites excluding steroid dienone is 4. The lowest BCUT2D eigenvalue weighted by Crippen LogP contribution is -2.48. The highest BCUT2D eigenvalue weighted by Crippen LogP contribution is 2.46. The first-order valence-electron chi connectivity index (χ1n) is 14.5. The molecule has 2 aromatic carbocycles. The number of ether oxygens (including phenoxy) is 1. The zero-order chi connectivity index (χ0) is 28.1. The summed E-state index contributed by atoms with van der Waals surface area (Å²) in [4.78, 5) is 15.9. The summed E-state index contributed by atoms with van der Waals surface area (Å²) in [7, 11) is -2.88. The number of hydrogen-bond donors (Lipinski definition) is 1. The van der Waals surface area contributed by atoms with Crippen LogP contribution in [0.1, 0.15) is 61.0 Å². The van der Waals surface area contributed by atoms with E-state index < -0.39 is 9.71 Å². The molecule has 6 rings (SSSR count). The summed E-state index contributed by atoms with van der Waals surface area (Å²) in [5, 5.41) is 0.462. The molecule has 1 fully saturated rings. The molecular weight excluding hydrogens is 540 g/mol. The fourth-order valence-corrected chi connectivity index (χ4v) is 8.47. The van der Waals surface area contributed by atoms with Crippen LogP contribution in [0.15, 0.2) is 60.7 Å². The van der Waals surface area contributed by atoms with Crippen LogP contribution in [0, 0.1) is 17.8 Å². The van der Waals surface area contributed by atoms with Crippen molar-refractivity contribution in [2.75, 3.05) is 24.6 Å². The summed E-state index contributed by atoms with van der Waals surface area (Å²) < 4.78 is 22.9. The van der Waals surface area contributed by atoms with Gasteiger partial charge in [0.15, 0.2) is 0 Å². The van der Waals surface area contributed by atoms with Crippen LogP contribution in [-0.2, 0) is 21.5 Å². The third-order valence-corrected chi connectivity index (χ3v) is 12.1. The number of aryl methyl sites for hydroxylation is 1. The van der Waals surface area contributed by atoms with Crippen molar-refractivity contribution in [1.29, 1.82) is 0 Å². The largest absolute Gasteiger partial charge is 0.490 e. The van der Waals surface area contributed by atoms with Crippen molar-refractivity contribution < 1.29 is 13.7 Å². The van der Waals surface area contributed by atoms with Gasteiger partial charge in [-0.05, 0) is 104 Å². The number of halogens is 1. The lowest BCUT2D eigenvalue weighted by atomic mass is 9.69. The van der Waals surface area contributed by atoms with Gasteiger partial charge in [-0.25, -0.2) is 4.21 Å². The average molecular weight is 579 g/mol. The topological polar surface area (TPSA) is 58.6 Å². The maximum atomic E-state index is 13.5. The van der Waals surface area contributed by atoms with E-state index in [0.29, 0.717) is 24.0 Å². The molecule has 2 aliphatic carbocycles. The van der Waals surface area contributed by atoms with Crippen LogP contribution in [0.5, 0.6) is 5.75 Å². The fraction of sp³-hybridized carbons (Fsp3) is 0.455. The van der Waals surface area contributed by atoms with Gasteiger partial charge in [0.2, 0.25) is 0 Å². The van der Waals surface area contributed by atoms with Gasteiger partial charge in [-0.1, -0.05) is 48.9 Å². The van der Waals surface area contributed by atoms with Crippen molar-refractivity contribution in [3.63, 3.8) is 0 Å². The van der Waals surface area contributed by atoms with Crippen LogP contribution >= 0.6 is 11.6 Å². The molecule has 0 aromatic heterocycles. The molecule has 212 valence electrons. The van der Waals surface area contributed by atoms with E-state index in [1.807, 2.05) is 32.0 Å². The van der Waals surface area contributed by atoms with E-state index in [-0.39, 0.29) is 22.5 Å². The number of carbonyl (C=O) groups excluding carboxylic acids is 1. The molecule has 2 heterocycles. The van der Waals surface area contributed by atoms with Crippen LogP contribution in [0.4, 0.5) is 5.69 Å². The number of nitrogens with one attached hydrogen (secondary N) is 1. The molecule has 1 spiro atoms. The zero-order valence-corrected chi connectivity index (χ0v) is 25.0. The highest BCUT2D eigenvalue weighted by Gasteiger charge is 2.43. The second kappa shape index (κ2) is 10.6. The minimum Gasteiger partial charge on any atom is -0.490 e. The first-order chi connectivity index (χ1) is 19.1. The summed E-state index contributed by atoms with van der Waals surface area (Å²) in [5.41, 5.74) is 3.89. The summed E-state index contributed by atoms with van der Waals surface area (Å²) in [6, 6.07) is 11.9. The van der Waals surface area contributed by atoms with E-state index in [9.17, 15) is 9.00 Å². The highest BCUT2D eigenvalue weighted by atomic mass is 35.5. The Balaban J connectivity index is 1.43. The van der Waals surface area contributed by atoms with E-state index in [0.717, 1.165) is 48.8 Å². The van der Waals surface area contributed by atoms with E-state index in [4.69, 9.17) is 16.3 Å². The lowest BCUT2D eigenvalue weighted by Gasteiger charge is -2.44. The second-order valence-corrected chi connectivity index (χ2v) is 15.1. The van der Waals surface area contributed by atoms with Gasteiger partial charge in [-0.3, -0.25) is 9.52 Å². The van der Waals surface area contributed by atoms with Crippen molar-refractivity contribution >= 4 is 38.8 Å². The molecule has 0 radical (unpaired) electrons. The van der Waals surface area contributed by atoms with Gasteiger partial charge in [-0.2, -0.15) is 0 Å². The normalized spacial score (nSPS) is 35.3. The predicted molar refractivity (Wildman–Crippen MR) is 166 cm³/mol. The monoisotopic (exact) mass is 578 g/mol. The molecule has 0 saturated heterocycles. The minimum atomic E-state index is -2.88. The summed E-state index contributed by atoms with van der Waals surface area (Å²) in [6.45, 7) is 6.20. The van der Waals surface area contributed by atoms with Crippen LogP contribution < -0.4 is 14.4 Å². The van der Waals surface area contributed by atoms with E-state index >= 15 is 0 Å². The number of benzene rings is 2. The van der Waals surface area contributed by atoms with Gasteiger partial charge in [0.1, 0.15) is 5.75 Å². The number of fused-ring (bicyclic) bond motifs is 4. The van der Waals surface area contributed by atoms with Gasteiger partial charge in [0.05, 0.1) is 22.0 Å². The second-order valence-electron chi connectivity index (χ2n) is 12.3. The third-order valence-electron chi connectivity index (χ3n) is 9.72. The number of rotatable bonds is 0. The van der Waals surface area contributed by atoms with Crippen LogP contribution in [0.3, 0.4) is 0 Å². The van der Waals surface area contributed by atoms with Crippen LogP contribution in [0.2, 0.25) is 5.02 Å². The van der Waals surface area contributed by atoms with Crippen molar-refractivity contribution in [2.24, 2.45) is 17.8 Å². The number of anilines is 1. The first-order valence-corrected chi connectivity index (χ1v) is 16.7. The number of hydrogen-bond acceptors (Lipinski definition) is 4. The SMILES string of the molecule is C=S1(=O)NC(=O)c2ccc3c(c2)N(C[C@@H]2CC[C@H]2/C=C/C=C\[C@H](C)[C@H]1C)C[C@@]1(CCCc2cc(Cl)ccc21)CO3. The van der Waals surface area contributed by atoms with Crippen molar-refractivity contribution in [3.8, 4) is 5.75 Å². The first kappa shape index (κ1) is 27.5. The zero-order valence-electron chi connectivity index (χ0n) is 23.4. The van der Waals surface area contributed by atoms with E-state index in [1.54, 1.807) is 6.07 Å². The molecule has 6 atom stereocenters. The molecule has 7 heteroatoms. The molecule has 1 N–H and O–H groups in total. The Kier molecular flexibility index (Phi) is 7.28. The standard InChI is InChI=1S/C33H39ClN2O3S/c1-22-7-4-5-8-24-10-11-27(24)19-36-20-33(16-6-9-25-17-28(34)13-14-29(25)33)21-39-31-15-12-26(18-30(31)36)32(37)35-40(3,38)23(22)2/h4-5,7-8,12-15,17-18,22-24,27H,3,6,9-11,16,19-21H2,1-2H3,(H,35,37,38)/b7-4-,8-5+/t22-,23+,24+,27-,33-,40?/m0/s1. The minimum absolute atomic E-state index is 0.000391. The van der Waals surface area contributed by atoms with Gasteiger partial charge >= 0.3 is 0 Å². The Morgan fingerprint density at radius 1 is 1.12 bits per heavy atom. The van der Waals surface area contributed by atoms with Gasteiger partial charge in [0.25, 0.3) is 5.91 Å². The lowest BCUT2D eigenvalue weighted by molar-refractivity contribution is 0.0982. The molecule has 4 aliphatic rings. The molecule has 2 aliphatic heterocycles. The number of amides is 1. The molecule has 1 amide bonds. The fourth-order valence-electron chi connectivity index (χ4n) is 6.87. The molecule has 2 aromatic rings. The number of carbonyl (C=O) groups is 1. The van der Waals surface area contributed by atoms with E-state index in [2.05, 4.69) is 51.9 Å². The Hall–Kier alpha value is -2.70. The maximum Gasteiger partial charge on any atom is 0.262 e. The van der Waals surface area contributed by atoms with Gasteiger partial charge in [0, 0.05) is 34.3 Å². The Morgan fingerprint density at radius 3 is 2.75 bits per heavy atom. The molecule has 2 bridgehead atoms. The Morgan fingerprint density at radius 2 is 1.95 bits per heavy atom. The van der Waals surface area contributed by atoms with Gasteiger partial charge in [-0.15, -0.1) is 0 Å². The van der Waals surface area contributed by atoms with Crippen molar-refractivity contribution in [3.05, 3.63) is 82.4 Å².